The Balaban J connectivity index is 1.86. The Morgan fingerprint density at radius 1 is 0.833 bits per heavy atom. The molecule has 0 saturated heterocycles. The highest BCUT2D eigenvalue weighted by atomic mass is 35.5. The number of carboxylic acids is 1. The fourth-order valence-corrected chi connectivity index (χ4v) is 2.83. The molecule has 0 aliphatic heterocycles. The van der Waals surface area contributed by atoms with E-state index in [-0.39, 0.29) is 21.8 Å². The number of rotatable bonds is 6. The fraction of sp³-hybridized carbons (Fsp3) is 0. The molecule has 0 aliphatic rings. The van der Waals surface area contributed by atoms with E-state index in [9.17, 15) is 14.4 Å². The van der Waals surface area contributed by atoms with Crippen LogP contribution in [0, 0.1) is 0 Å². The van der Waals surface area contributed by atoms with Gasteiger partial charge in [0, 0.05) is 5.69 Å². The van der Waals surface area contributed by atoms with E-state index in [1.54, 1.807) is 36.4 Å². The van der Waals surface area contributed by atoms with Gasteiger partial charge in [-0.2, -0.15) is 0 Å². The van der Waals surface area contributed by atoms with Crippen LogP contribution in [-0.2, 0) is 4.79 Å². The first-order valence-electron chi connectivity index (χ1n) is 8.91. The molecule has 30 heavy (non-hydrogen) atoms. The van der Waals surface area contributed by atoms with Crippen LogP contribution in [0.1, 0.15) is 26.3 Å². The SMILES string of the molecule is O=C(Nc1ccc(C(=O)O)cc1)/C(=C\c1ccccc1)NC(=O)c1ccccc1Cl. The third-order valence-corrected chi connectivity index (χ3v) is 4.44. The number of nitrogens with one attached hydrogen (secondary N) is 2. The largest absolute Gasteiger partial charge is 0.478 e. The quantitative estimate of drug-likeness (QED) is 0.513. The van der Waals surface area contributed by atoms with Gasteiger partial charge in [-0.25, -0.2) is 4.79 Å². The Morgan fingerprint density at radius 2 is 1.47 bits per heavy atom. The second kappa shape index (κ2) is 9.54. The Kier molecular flexibility index (Phi) is 6.62. The number of benzene rings is 3. The lowest BCUT2D eigenvalue weighted by Crippen LogP contribution is -2.31. The summed E-state index contributed by atoms with van der Waals surface area (Å²) in [6.07, 6.45) is 1.54. The predicted molar refractivity (Wildman–Crippen MR) is 115 cm³/mol. The maximum atomic E-state index is 12.8. The Morgan fingerprint density at radius 3 is 2.10 bits per heavy atom. The molecule has 0 atom stereocenters. The molecular weight excluding hydrogens is 404 g/mol. The lowest BCUT2D eigenvalue weighted by atomic mass is 10.1. The maximum absolute atomic E-state index is 12.8. The number of carboxylic acid groups (broad SMARTS) is 1. The summed E-state index contributed by atoms with van der Waals surface area (Å²) in [5, 5.41) is 14.5. The number of hydrogen-bond acceptors (Lipinski definition) is 3. The van der Waals surface area contributed by atoms with Crippen LogP contribution in [0.15, 0.2) is 84.6 Å². The molecule has 3 rings (SSSR count). The molecule has 0 saturated carbocycles. The van der Waals surface area contributed by atoms with Gasteiger partial charge >= 0.3 is 5.97 Å². The van der Waals surface area contributed by atoms with Crippen LogP contribution in [0.5, 0.6) is 0 Å². The molecule has 3 N–H and O–H groups in total. The summed E-state index contributed by atoms with van der Waals surface area (Å²) in [4.78, 5) is 36.5. The summed E-state index contributed by atoms with van der Waals surface area (Å²) >= 11 is 6.08. The summed E-state index contributed by atoms with van der Waals surface area (Å²) < 4.78 is 0. The monoisotopic (exact) mass is 420 g/mol. The van der Waals surface area contributed by atoms with E-state index in [0.717, 1.165) is 0 Å². The number of amides is 2. The van der Waals surface area contributed by atoms with Crippen LogP contribution in [0.25, 0.3) is 6.08 Å². The van der Waals surface area contributed by atoms with Crippen molar-refractivity contribution in [2.75, 3.05) is 5.32 Å². The molecule has 3 aromatic carbocycles. The van der Waals surface area contributed by atoms with Gasteiger partial charge in [-0.3, -0.25) is 9.59 Å². The molecule has 0 aromatic heterocycles. The number of halogens is 1. The average Bonchev–Trinajstić information content (AvgIpc) is 2.74. The van der Waals surface area contributed by atoms with Crippen molar-refractivity contribution in [1.82, 2.24) is 5.32 Å². The molecule has 0 heterocycles. The van der Waals surface area contributed by atoms with E-state index in [1.165, 1.54) is 30.3 Å². The molecule has 0 unspecified atom stereocenters. The van der Waals surface area contributed by atoms with Crippen molar-refractivity contribution in [3.63, 3.8) is 0 Å². The van der Waals surface area contributed by atoms with E-state index in [0.29, 0.717) is 11.3 Å². The molecule has 6 nitrogen and oxygen atoms in total. The van der Waals surface area contributed by atoms with Gasteiger partial charge in [0.05, 0.1) is 16.1 Å². The summed E-state index contributed by atoms with van der Waals surface area (Å²) in [6, 6.07) is 21.2. The molecule has 0 spiro atoms. The van der Waals surface area contributed by atoms with Gasteiger partial charge in [0.25, 0.3) is 11.8 Å². The van der Waals surface area contributed by atoms with E-state index in [2.05, 4.69) is 10.6 Å². The second-order valence-corrected chi connectivity index (χ2v) is 6.65. The third-order valence-electron chi connectivity index (χ3n) is 4.11. The smallest absolute Gasteiger partial charge is 0.335 e. The molecule has 0 bridgehead atoms. The van der Waals surface area contributed by atoms with Crippen LogP contribution in [0.4, 0.5) is 5.69 Å². The van der Waals surface area contributed by atoms with Gasteiger partial charge in [-0.1, -0.05) is 54.1 Å². The molecular formula is C23H17ClN2O4. The zero-order valence-electron chi connectivity index (χ0n) is 15.6. The zero-order valence-corrected chi connectivity index (χ0v) is 16.4. The molecule has 0 fully saturated rings. The van der Waals surface area contributed by atoms with Crippen LogP contribution in [0.2, 0.25) is 5.02 Å². The number of anilines is 1. The van der Waals surface area contributed by atoms with Crippen molar-refractivity contribution in [1.29, 1.82) is 0 Å². The average molecular weight is 421 g/mol. The highest BCUT2D eigenvalue weighted by Crippen LogP contribution is 2.16. The number of hydrogen-bond donors (Lipinski definition) is 3. The Labute approximate surface area is 177 Å². The first-order chi connectivity index (χ1) is 14.4. The minimum Gasteiger partial charge on any atom is -0.478 e. The molecule has 2 amide bonds. The Bertz CT molecular complexity index is 1110. The predicted octanol–water partition coefficient (Wildman–Crippen LogP) is 4.45. The van der Waals surface area contributed by atoms with Crippen LogP contribution in [-0.4, -0.2) is 22.9 Å². The summed E-state index contributed by atoms with van der Waals surface area (Å²) in [5.74, 6) is -2.16. The van der Waals surface area contributed by atoms with Crippen molar-refractivity contribution < 1.29 is 19.5 Å². The normalized spacial score (nSPS) is 10.9. The third kappa shape index (κ3) is 5.33. The van der Waals surface area contributed by atoms with Gasteiger partial charge < -0.3 is 15.7 Å². The van der Waals surface area contributed by atoms with Gasteiger partial charge in [-0.05, 0) is 48.0 Å². The summed E-state index contributed by atoms with van der Waals surface area (Å²) in [7, 11) is 0. The highest BCUT2D eigenvalue weighted by molar-refractivity contribution is 6.34. The lowest BCUT2D eigenvalue weighted by Gasteiger charge is -2.12. The fourth-order valence-electron chi connectivity index (χ4n) is 2.60. The first-order valence-corrected chi connectivity index (χ1v) is 9.29. The standard InChI is InChI=1S/C23H17ClN2O4/c24-19-9-5-4-8-18(19)21(27)26-20(14-15-6-2-1-3-7-15)22(28)25-17-12-10-16(11-13-17)23(29)30/h1-14H,(H,25,28)(H,26,27)(H,29,30)/b20-14+. The number of aromatic carboxylic acids is 1. The van der Waals surface area contributed by atoms with Gasteiger partial charge in [0.15, 0.2) is 0 Å². The topological polar surface area (TPSA) is 95.5 Å². The number of carbonyl (C=O) groups excluding carboxylic acids is 2. The van der Waals surface area contributed by atoms with E-state index in [4.69, 9.17) is 16.7 Å². The van der Waals surface area contributed by atoms with Gasteiger partial charge in [0.2, 0.25) is 0 Å². The second-order valence-electron chi connectivity index (χ2n) is 6.24. The lowest BCUT2D eigenvalue weighted by molar-refractivity contribution is -0.113. The van der Waals surface area contributed by atoms with E-state index in [1.807, 2.05) is 18.2 Å². The van der Waals surface area contributed by atoms with Crippen LogP contribution in [0.3, 0.4) is 0 Å². The zero-order chi connectivity index (χ0) is 21.5. The summed E-state index contributed by atoms with van der Waals surface area (Å²) in [5.41, 5.74) is 1.43. The minimum atomic E-state index is -1.07. The Hall–Kier alpha value is -3.90. The number of carbonyl (C=O) groups is 3. The van der Waals surface area contributed by atoms with Crippen molar-refractivity contribution in [3.8, 4) is 0 Å². The first kappa shape index (κ1) is 20.8. The van der Waals surface area contributed by atoms with Crippen molar-refractivity contribution >= 4 is 41.1 Å². The molecule has 0 radical (unpaired) electrons. The maximum Gasteiger partial charge on any atom is 0.335 e. The van der Waals surface area contributed by atoms with Crippen molar-refractivity contribution in [3.05, 3.63) is 106 Å². The molecule has 150 valence electrons. The van der Waals surface area contributed by atoms with E-state index < -0.39 is 17.8 Å². The molecule has 3 aromatic rings. The molecule has 7 heteroatoms. The molecule has 0 aliphatic carbocycles. The van der Waals surface area contributed by atoms with Crippen LogP contribution < -0.4 is 10.6 Å². The van der Waals surface area contributed by atoms with E-state index >= 15 is 0 Å². The van der Waals surface area contributed by atoms with Crippen molar-refractivity contribution in [2.24, 2.45) is 0 Å². The van der Waals surface area contributed by atoms with Gasteiger partial charge in [-0.15, -0.1) is 0 Å². The van der Waals surface area contributed by atoms with Gasteiger partial charge in [0.1, 0.15) is 5.70 Å². The highest BCUT2D eigenvalue weighted by Gasteiger charge is 2.17. The van der Waals surface area contributed by atoms with Crippen LogP contribution >= 0.6 is 11.6 Å². The van der Waals surface area contributed by atoms with Crippen molar-refractivity contribution in [2.45, 2.75) is 0 Å². The summed E-state index contributed by atoms with van der Waals surface area (Å²) in [6.45, 7) is 0. The minimum absolute atomic E-state index is 0.00781.